The van der Waals surface area contributed by atoms with E-state index in [4.69, 9.17) is 0 Å². The highest BCUT2D eigenvalue weighted by molar-refractivity contribution is 5.92. The number of hydrogen-bond acceptors (Lipinski definition) is 3. The Labute approximate surface area is 111 Å². The van der Waals surface area contributed by atoms with Crippen LogP contribution in [0.2, 0.25) is 0 Å². The second-order valence-electron chi connectivity index (χ2n) is 4.60. The first-order chi connectivity index (χ1) is 9.34. The van der Waals surface area contributed by atoms with Gasteiger partial charge in [-0.2, -0.15) is 0 Å². The largest absolute Gasteiger partial charge is 0.342 e. The third-order valence-electron chi connectivity index (χ3n) is 3.52. The van der Waals surface area contributed by atoms with Gasteiger partial charge in [-0.3, -0.25) is 15.1 Å². The van der Waals surface area contributed by atoms with E-state index in [0.29, 0.717) is 13.2 Å². The van der Waals surface area contributed by atoms with Gasteiger partial charge in [0.25, 0.3) is 0 Å². The zero-order chi connectivity index (χ0) is 13.1. The van der Waals surface area contributed by atoms with Gasteiger partial charge in [0, 0.05) is 12.7 Å². The van der Waals surface area contributed by atoms with Crippen LogP contribution in [-0.4, -0.2) is 24.1 Å². The first kappa shape index (κ1) is 11.9. The van der Waals surface area contributed by atoms with Gasteiger partial charge in [-0.15, -0.1) is 0 Å². The quantitative estimate of drug-likeness (QED) is 0.841. The predicted molar refractivity (Wildman–Crippen MR) is 72.5 cm³/mol. The lowest BCUT2D eigenvalue weighted by Crippen LogP contribution is -2.59. The molecular weight excluding hydrogens is 238 g/mol. The van der Waals surface area contributed by atoms with Crippen LogP contribution in [0, 0.1) is 0 Å². The van der Waals surface area contributed by atoms with E-state index in [-0.39, 0.29) is 5.91 Å². The summed E-state index contributed by atoms with van der Waals surface area (Å²) in [7, 11) is 0. The summed E-state index contributed by atoms with van der Waals surface area (Å²) in [6.07, 6.45) is 1.72. The van der Waals surface area contributed by atoms with Gasteiger partial charge in [0.05, 0.1) is 12.4 Å². The highest BCUT2D eigenvalue weighted by Gasteiger charge is 2.44. The van der Waals surface area contributed by atoms with E-state index in [1.165, 1.54) is 0 Å². The molecule has 1 aromatic carbocycles. The maximum Gasteiger partial charge on any atom is 0.239 e. The molecule has 4 heteroatoms. The number of pyridine rings is 1. The molecule has 0 aliphatic carbocycles. The van der Waals surface area contributed by atoms with Gasteiger partial charge >= 0.3 is 0 Å². The Morgan fingerprint density at radius 2 is 1.84 bits per heavy atom. The molecule has 4 nitrogen and oxygen atoms in total. The number of nitrogens with zero attached hydrogens (tertiary/aromatic N) is 1. The van der Waals surface area contributed by atoms with Crippen molar-refractivity contribution in [2.45, 2.75) is 5.41 Å². The molecule has 1 unspecified atom stereocenters. The van der Waals surface area contributed by atoms with Crippen LogP contribution in [0.3, 0.4) is 0 Å². The summed E-state index contributed by atoms with van der Waals surface area (Å²) < 4.78 is 0. The number of carbonyl (C=O) groups excluding carboxylic acids is 1. The monoisotopic (exact) mass is 253 g/mol. The fourth-order valence-corrected chi connectivity index (χ4v) is 2.55. The lowest BCUT2D eigenvalue weighted by molar-refractivity contribution is -0.126. The summed E-state index contributed by atoms with van der Waals surface area (Å²) in [4.78, 5) is 16.9. The van der Waals surface area contributed by atoms with Crippen LogP contribution in [0.4, 0.5) is 0 Å². The molecule has 1 amide bonds. The van der Waals surface area contributed by atoms with Crippen molar-refractivity contribution in [2.24, 2.45) is 0 Å². The van der Waals surface area contributed by atoms with Gasteiger partial charge in [-0.05, 0) is 17.7 Å². The molecule has 1 saturated heterocycles. The maximum absolute atomic E-state index is 12.5. The molecule has 96 valence electrons. The summed E-state index contributed by atoms with van der Waals surface area (Å²) in [6, 6.07) is 15.5. The molecule has 1 aromatic heterocycles. The number of nitrogens with one attached hydrogen (secondary N) is 2. The highest BCUT2D eigenvalue weighted by Crippen LogP contribution is 2.31. The van der Waals surface area contributed by atoms with E-state index in [9.17, 15) is 4.79 Å². The second kappa shape index (κ2) is 4.82. The summed E-state index contributed by atoms with van der Waals surface area (Å²) in [5.41, 5.74) is 0.977. The fraction of sp³-hybridized carbons (Fsp3) is 0.200. The molecule has 3 rings (SSSR count). The number of rotatable bonds is 2. The van der Waals surface area contributed by atoms with E-state index in [1.807, 2.05) is 48.5 Å². The van der Waals surface area contributed by atoms with Crippen molar-refractivity contribution < 1.29 is 4.79 Å². The molecule has 2 aromatic rings. The number of hydrogen-bond donors (Lipinski definition) is 2. The third-order valence-corrected chi connectivity index (χ3v) is 3.52. The number of amides is 1. The average molecular weight is 253 g/mol. The van der Waals surface area contributed by atoms with Crippen molar-refractivity contribution in [3.63, 3.8) is 0 Å². The molecule has 2 heterocycles. The minimum absolute atomic E-state index is 0.00356. The van der Waals surface area contributed by atoms with Crippen LogP contribution >= 0.6 is 0 Å². The van der Waals surface area contributed by atoms with Gasteiger partial charge < -0.3 is 5.32 Å². The lowest BCUT2D eigenvalue weighted by Gasteiger charge is -2.36. The Kier molecular flexibility index (Phi) is 3.01. The Morgan fingerprint density at radius 3 is 2.53 bits per heavy atom. The molecule has 1 fully saturated rings. The van der Waals surface area contributed by atoms with Gasteiger partial charge in [0.2, 0.25) is 5.91 Å². The minimum Gasteiger partial charge on any atom is -0.342 e. The van der Waals surface area contributed by atoms with Crippen LogP contribution in [0.15, 0.2) is 54.7 Å². The van der Waals surface area contributed by atoms with Gasteiger partial charge in [0.1, 0.15) is 5.41 Å². The SMILES string of the molecule is O=C1NCNCC1(c1ccccc1)c1ccccn1. The highest BCUT2D eigenvalue weighted by atomic mass is 16.2. The molecule has 1 aliphatic rings. The topological polar surface area (TPSA) is 54.0 Å². The summed E-state index contributed by atoms with van der Waals surface area (Å²) in [5.74, 6) is -0.00356. The summed E-state index contributed by atoms with van der Waals surface area (Å²) in [6.45, 7) is 1.06. The number of benzene rings is 1. The zero-order valence-corrected chi connectivity index (χ0v) is 10.5. The van der Waals surface area contributed by atoms with E-state index in [2.05, 4.69) is 15.6 Å². The van der Waals surface area contributed by atoms with Crippen molar-refractivity contribution in [1.82, 2.24) is 15.6 Å². The van der Waals surface area contributed by atoms with E-state index in [0.717, 1.165) is 11.3 Å². The van der Waals surface area contributed by atoms with Gasteiger partial charge in [-0.25, -0.2) is 0 Å². The average Bonchev–Trinajstić information content (AvgIpc) is 2.50. The smallest absolute Gasteiger partial charge is 0.239 e. The summed E-state index contributed by atoms with van der Waals surface area (Å²) >= 11 is 0. The second-order valence-corrected chi connectivity index (χ2v) is 4.60. The van der Waals surface area contributed by atoms with Crippen molar-refractivity contribution in [1.29, 1.82) is 0 Å². The van der Waals surface area contributed by atoms with Gasteiger partial charge in [-0.1, -0.05) is 36.4 Å². The van der Waals surface area contributed by atoms with Crippen molar-refractivity contribution in [3.05, 3.63) is 66.0 Å². The van der Waals surface area contributed by atoms with E-state index >= 15 is 0 Å². The third kappa shape index (κ3) is 1.90. The van der Waals surface area contributed by atoms with Crippen LogP contribution in [0.5, 0.6) is 0 Å². The van der Waals surface area contributed by atoms with E-state index < -0.39 is 5.41 Å². The van der Waals surface area contributed by atoms with Crippen LogP contribution in [-0.2, 0) is 10.2 Å². The molecule has 0 saturated carbocycles. The minimum atomic E-state index is -0.749. The molecule has 19 heavy (non-hydrogen) atoms. The lowest BCUT2D eigenvalue weighted by atomic mass is 9.75. The Morgan fingerprint density at radius 1 is 1.05 bits per heavy atom. The number of carbonyl (C=O) groups is 1. The maximum atomic E-state index is 12.5. The van der Waals surface area contributed by atoms with Crippen LogP contribution in [0.1, 0.15) is 11.3 Å². The van der Waals surface area contributed by atoms with Crippen molar-refractivity contribution in [2.75, 3.05) is 13.2 Å². The van der Waals surface area contributed by atoms with Crippen molar-refractivity contribution >= 4 is 5.91 Å². The molecule has 2 N–H and O–H groups in total. The standard InChI is InChI=1S/C15H15N3O/c19-14-15(10-16-11-18-14,12-6-2-1-3-7-12)13-8-4-5-9-17-13/h1-9,16H,10-11H2,(H,18,19). The number of aromatic nitrogens is 1. The molecule has 0 bridgehead atoms. The summed E-state index contributed by atoms with van der Waals surface area (Å²) in [5, 5.41) is 6.11. The fourth-order valence-electron chi connectivity index (χ4n) is 2.55. The van der Waals surface area contributed by atoms with E-state index in [1.54, 1.807) is 6.20 Å². The molecule has 1 atom stereocenters. The molecular formula is C15H15N3O. The first-order valence-electron chi connectivity index (χ1n) is 6.30. The Bertz CT molecular complexity index is 529. The van der Waals surface area contributed by atoms with Gasteiger partial charge in [0.15, 0.2) is 0 Å². The Hall–Kier alpha value is -2.20. The van der Waals surface area contributed by atoms with Crippen molar-refractivity contribution in [3.8, 4) is 0 Å². The normalized spacial score (nSPS) is 22.8. The van der Waals surface area contributed by atoms with Crippen LogP contribution < -0.4 is 10.6 Å². The molecule has 1 aliphatic heterocycles. The predicted octanol–water partition coefficient (Wildman–Crippen LogP) is 1.04. The molecule has 0 radical (unpaired) electrons. The Balaban J connectivity index is 2.19. The van der Waals surface area contributed by atoms with Crippen LogP contribution in [0.25, 0.3) is 0 Å². The first-order valence-corrected chi connectivity index (χ1v) is 6.30. The molecule has 0 spiro atoms. The zero-order valence-electron chi connectivity index (χ0n) is 10.5.